The molecule has 1 atom stereocenters. The summed E-state index contributed by atoms with van der Waals surface area (Å²) < 4.78 is 26.4. The van der Waals surface area contributed by atoms with Gasteiger partial charge in [0.2, 0.25) is 10.0 Å². The van der Waals surface area contributed by atoms with Crippen LogP contribution in [0.4, 0.5) is 0 Å². The Labute approximate surface area is 160 Å². The van der Waals surface area contributed by atoms with E-state index in [1.807, 2.05) is 11.8 Å². The molecule has 1 aromatic rings. The Morgan fingerprint density at radius 1 is 1.27 bits per heavy atom. The highest BCUT2D eigenvalue weighted by molar-refractivity contribution is 7.99. The number of fused-ring (bicyclic) bond motifs is 1. The predicted octanol–water partition coefficient (Wildman–Crippen LogP) is 1.09. The van der Waals surface area contributed by atoms with Gasteiger partial charge in [-0.2, -0.15) is 11.8 Å². The van der Waals surface area contributed by atoms with Gasteiger partial charge in [-0.3, -0.25) is 4.99 Å². The molecule has 0 amide bonds. The smallest absolute Gasteiger partial charge is 0.215 e. The number of aryl methyl sites for hydroxylation is 1. The quantitative estimate of drug-likeness (QED) is 0.576. The summed E-state index contributed by atoms with van der Waals surface area (Å²) in [6, 6.07) is 8.88. The third-order valence-electron chi connectivity index (χ3n) is 4.93. The second-order valence-corrected chi connectivity index (χ2v) is 9.99. The number of hydrogen-bond donors (Lipinski definition) is 2. The minimum absolute atomic E-state index is 0.103. The van der Waals surface area contributed by atoms with Crippen molar-refractivity contribution in [3.8, 4) is 0 Å². The SMILES string of the molecule is CN=C(NCCS(=O)(=O)N1CCSCC1)NC1CCc2ccccc2C1. The van der Waals surface area contributed by atoms with Crippen LogP contribution in [0.5, 0.6) is 0 Å². The summed E-state index contributed by atoms with van der Waals surface area (Å²) in [5.41, 5.74) is 2.82. The van der Waals surface area contributed by atoms with Crippen LogP contribution in [-0.2, 0) is 22.9 Å². The van der Waals surface area contributed by atoms with Crippen LogP contribution in [-0.4, -0.2) is 68.7 Å². The van der Waals surface area contributed by atoms with Crippen molar-refractivity contribution in [3.05, 3.63) is 35.4 Å². The average molecular weight is 397 g/mol. The van der Waals surface area contributed by atoms with Gasteiger partial charge in [0.05, 0.1) is 5.75 Å². The van der Waals surface area contributed by atoms with E-state index in [1.165, 1.54) is 11.1 Å². The van der Waals surface area contributed by atoms with E-state index in [9.17, 15) is 8.42 Å². The number of thioether (sulfide) groups is 1. The fourth-order valence-corrected chi connectivity index (χ4v) is 5.95. The molecule has 0 saturated carbocycles. The standard InChI is InChI=1S/C18H28N4O2S2/c1-19-18(20-8-13-26(23,24)22-9-11-25-12-10-22)21-17-7-6-15-4-2-3-5-16(15)14-17/h2-5,17H,6-14H2,1H3,(H2,19,20,21). The van der Waals surface area contributed by atoms with Crippen LogP contribution < -0.4 is 10.6 Å². The molecule has 0 aromatic heterocycles. The summed E-state index contributed by atoms with van der Waals surface area (Å²) >= 11 is 1.81. The van der Waals surface area contributed by atoms with Crippen LogP contribution >= 0.6 is 11.8 Å². The van der Waals surface area contributed by atoms with E-state index in [4.69, 9.17) is 0 Å². The molecule has 1 aromatic carbocycles. The van der Waals surface area contributed by atoms with Crippen LogP contribution in [0.3, 0.4) is 0 Å². The normalized spacial score (nSPS) is 21.9. The lowest BCUT2D eigenvalue weighted by Crippen LogP contribution is -2.48. The summed E-state index contributed by atoms with van der Waals surface area (Å²) in [5.74, 6) is 2.56. The van der Waals surface area contributed by atoms with Crippen molar-refractivity contribution < 1.29 is 8.42 Å². The van der Waals surface area contributed by atoms with Gasteiger partial charge >= 0.3 is 0 Å². The van der Waals surface area contributed by atoms with Crippen LogP contribution in [0.15, 0.2) is 29.3 Å². The lowest BCUT2D eigenvalue weighted by molar-refractivity contribution is 0.443. The van der Waals surface area contributed by atoms with Gasteiger partial charge < -0.3 is 10.6 Å². The molecule has 6 nitrogen and oxygen atoms in total. The first-order valence-corrected chi connectivity index (χ1v) is 11.9. The lowest BCUT2D eigenvalue weighted by Gasteiger charge is -2.28. The van der Waals surface area contributed by atoms with Gasteiger partial charge in [-0.15, -0.1) is 0 Å². The van der Waals surface area contributed by atoms with E-state index < -0.39 is 10.0 Å². The van der Waals surface area contributed by atoms with Crippen molar-refractivity contribution in [2.24, 2.45) is 4.99 Å². The number of hydrogen-bond acceptors (Lipinski definition) is 4. The zero-order valence-corrected chi connectivity index (χ0v) is 16.9. The van der Waals surface area contributed by atoms with Crippen LogP contribution in [0.2, 0.25) is 0 Å². The van der Waals surface area contributed by atoms with Crippen molar-refractivity contribution in [1.82, 2.24) is 14.9 Å². The highest BCUT2D eigenvalue weighted by Crippen LogP contribution is 2.20. The molecule has 2 aliphatic rings. The molecule has 1 aliphatic heterocycles. The zero-order chi connectivity index (χ0) is 18.4. The molecule has 8 heteroatoms. The predicted molar refractivity (Wildman–Crippen MR) is 109 cm³/mol. The molecule has 0 spiro atoms. The van der Waals surface area contributed by atoms with E-state index in [2.05, 4.69) is 39.9 Å². The second kappa shape index (κ2) is 9.10. The fourth-order valence-electron chi connectivity index (χ4n) is 3.46. The average Bonchev–Trinajstić information content (AvgIpc) is 2.67. The number of nitrogens with zero attached hydrogens (tertiary/aromatic N) is 2. The fraction of sp³-hybridized carbons (Fsp3) is 0.611. The monoisotopic (exact) mass is 396 g/mol. The van der Waals surface area contributed by atoms with Crippen molar-refractivity contribution in [1.29, 1.82) is 0 Å². The molecule has 0 radical (unpaired) electrons. The van der Waals surface area contributed by atoms with E-state index >= 15 is 0 Å². The zero-order valence-electron chi connectivity index (χ0n) is 15.3. The topological polar surface area (TPSA) is 73.8 Å². The molecule has 1 fully saturated rings. The number of benzene rings is 1. The minimum Gasteiger partial charge on any atom is -0.355 e. The van der Waals surface area contributed by atoms with Gasteiger partial charge in [-0.1, -0.05) is 24.3 Å². The van der Waals surface area contributed by atoms with E-state index in [1.54, 1.807) is 11.4 Å². The van der Waals surface area contributed by atoms with E-state index in [0.717, 1.165) is 30.8 Å². The van der Waals surface area contributed by atoms with Gasteiger partial charge in [0.1, 0.15) is 0 Å². The van der Waals surface area contributed by atoms with E-state index in [-0.39, 0.29) is 5.75 Å². The molecule has 1 unspecified atom stereocenters. The van der Waals surface area contributed by atoms with Crippen LogP contribution in [0, 0.1) is 0 Å². The molecule has 26 heavy (non-hydrogen) atoms. The molecule has 1 saturated heterocycles. The Morgan fingerprint density at radius 3 is 2.73 bits per heavy atom. The molecule has 144 valence electrons. The Kier molecular flexibility index (Phi) is 6.83. The highest BCUT2D eigenvalue weighted by Gasteiger charge is 2.24. The summed E-state index contributed by atoms with van der Waals surface area (Å²) in [6.45, 7) is 1.62. The molecule has 1 heterocycles. The van der Waals surface area contributed by atoms with Crippen LogP contribution in [0.1, 0.15) is 17.5 Å². The highest BCUT2D eigenvalue weighted by atomic mass is 32.2. The summed E-state index contributed by atoms with van der Waals surface area (Å²) in [4.78, 5) is 4.25. The Balaban J connectivity index is 1.47. The van der Waals surface area contributed by atoms with Gasteiger partial charge in [-0.05, 0) is 30.4 Å². The Bertz CT molecular complexity index is 730. The maximum Gasteiger partial charge on any atom is 0.215 e. The molecule has 3 rings (SSSR count). The Morgan fingerprint density at radius 2 is 2.00 bits per heavy atom. The van der Waals surface area contributed by atoms with Crippen molar-refractivity contribution in [3.63, 3.8) is 0 Å². The van der Waals surface area contributed by atoms with E-state index in [0.29, 0.717) is 31.6 Å². The first-order valence-electron chi connectivity index (χ1n) is 9.18. The minimum atomic E-state index is -3.19. The first kappa shape index (κ1) is 19.5. The largest absolute Gasteiger partial charge is 0.355 e. The maximum absolute atomic E-state index is 12.4. The van der Waals surface area contributed by atoms with Gasteiger partial charge in [0, 0.05) is 44.2 Å². The number of sulfonamides is 1. The lowest BCUT2D eigenvalue weighted by atomic mass is 9.88. The van der Waals surface area contributed by atoms with Crippen molar-refractivity contribution in [2.75, 3.05) is 43.9 Å². The summed E-state index contributed by atoms with van der Waals surface area (Å²) in [7, 11) is -1.46. The first-order chi connectivity index (χ1) is 12.6. The third-order valence-corrected chi connectivity index (χ3v) is 7.74. The summed E-state index contributed by atoms with van der Waals surface area (Å²) in [6.07, 6.45) is 3.09. The molecule has 2 N–H and O–H groups in total. The number of rotatable bonds is 5. The third kappa shape index (κ3) is 5.14. The maximum atomic E-state index is 12.4. The molecular weight excluding hydrogens is 368 g/mol. The van der Waals surface area contributed by atoms with Gasteiger partial charge in [-0.25, -0.2) is 12.7 Å². The number of nitrogens with one attached hydrogen (secondary N) is 2. The molecule has 1 aliphatic carbocycles. The van der Waals surface area contributed by atoms with Crippen molar-refractivity contribution >= 4 is 27.7 Å². The number of aliphatic imine (C=N–C) groups is 1. The molecule has 0 bridgehead atoms. The number of guanidine groups is 1. The Hall–Kier alpha value is -1.25. The van der Waals surface area contributed by atoms with Crippen molar-refractivity contribution in [2.45, 2.75) is 25.3 Å². The van der Waals surface area contributed by atoms with Gasteiger partial charge in [0.15, 0.2) is 5.96 Å². The molecular formula is C18H28N4O2S2. The van der Waals surface area contributed by atoms with Crippen LogP contribution in [0.25, 0.3) is 0 Å². The summed E-state index contributed by atoms with van der Waals surface area (Å²) in [5, 5.41) is 6.60. The second-order valence-electron chi connectivity index (χ2n) is 6.68. The van der Waals surface area contributed by atoms with Gasteiger partial charge in [0.25, 0.3) is 0 Å².